The Labute approximate surface area is 490 Å². The molecule has 0 aromatic rings. The van der Waals surface area contributed by atoms with Gasteiger partial charge in [0.25, 0.3) is 0 Å². The van der Waals surface area contributed by atoms with Gasteiger partial charge in [-0.15, -0.1) is 0 Å². The quantitative estimate of drug-likeness (QED) is 0.0261. The molecule has 0 aliphatic heterocycles. The van der Waals surface area contributed by atoms with E-state index in [9.17, 15) is 14.4 Å². The molecule has 0 saturated heterocycles. The second-order valence-electron chi connectivity index (χ2n) is 22.7. The summed E-state index contributed by atoms with van der Waals surface area (Å²) < 4.78 is 17.0. The summed E-state index contributed by atoms with van der Waals surface area (Å²) in [6.45, 7) is 6.54. The van der Waals surface area contributed by atoms with Gasteiger partial charge in [-0.1, -0.05) is 311 Å². The molecule has 0 rings (SSSR count). The molecular formula is C73H128O6. The van der Waals surface area contributed by atoms with Crippen molar-refractivity contribution in [1.82, 2.24) is 0 Å². The molecule has 0 spiro atoms. The van der Waals surface area contributed by atoms with Gasteiger partial charge in [0, 0.05) is 19.3 Å². The summed E-state index contributed by atoms with van der Waals surface area (Å²) >= 11 is 0. The first-order valence-corrected chi connectivity index (χ1v) is 34.1. The van der Waals surface area contributed by atoms with Gasteiger partial charge in [-0.3, -0.25) is 14.4 Å². The van der Waals surface area contributed by atoms with Crippen LogP contribution in [-0.2, 0) is 28.6 Å². The summed E-state index contributed by atoms with van der Waals surface area (Å²) in [5.41, 5.74) is 0. The minimum Gasteiger partial charge on any atom is -0.462 e. The first-order chi connectivity index (χ1) is 39.0. The zero-order valence-electron chi connectivity index (χ0n) is 52.4. The Hall–Kier alpha value is -3.41. The molecule has 0 aliphatic carbocycles. The highest BCUT2D eigenvalue weighted by Crippen LogP contribution is 2.17. The van der Waals surface area contributed by atoms with Crippen LogP contribution < -0.4 is 0 Å². The molecule has 0 aliphatic rings. The standard InChI is InChI=1S/C73H128O6/c1-4-7-10-13-16-19-22-25-28-31-33-34-35-36-37-38-39-40-41-43-45-48-51-54-57-60-63-66-72(75)78-69-70(68-77-71(74)65-62-59-56-53-50-47-44-30-27-24-21-18-15-12-9-6-3)79-73(76)67-64-61-58-55-52-49-46-42-32-29-26-23-20-17-14-11-8-5-2/h7,10,16,19,21,24-25,28,30,33-34,36-37,44,70H,4-6,8-9,11-15,17-18,20,22-23,26-27,29,31-32,35,38-43,45-69H2,1-3H3/b10-7-,19-16-,24-21-,28-25-,34-33-,37-36-,44-30-. The third kappa shape index (κ3) is 65.3. The van der Waals surface area contributed by atoms with Gasteiger partial charge in [-0.05, 0) is 96.3 Å². The molecule has 1 unspecified atom stereocenters. The van der Waals surface area contributed by atoms with E-state index < -0.39 is 6.10 Å². The largest absolute Gasteiger partial charge is 0.462 e. The number of ether oxygens (including phenoxy) is 3. The van der Waals surface area contributed by atoms with Crippen LogP contribution in [0.2, 0.25) is 0 Å². The van der Waals surface area contributed by atoms with Gasteiger partial charge in [0.15, 0.2) is 6.10 Å². The second kappa shape index (κ2) is 67.1. The molecule has 0 aromatic heterocycles. The van der Waals surface area contributed by atoms with Gasteiger partial charge in [0.1, 0.15) is 13.2 Å². The minimum absolute atomic E-state index is 0.0792. The Balaban J connectivity index is 4.32. The number of unbranched alkanes of at least 4 members (excludes halogenated alkanes) is 37. The van der Waals surface area contributed by atoms with Crippen molar-refractivity contribution in [1.29, 1.82) is 0 Å². The van der Waals surface area contributed by atoms with Crippen molar-refractivity contribution >= 4 is 17.9 Å². The molecule has 79 heavy (non-hydrogen) atoms. The summed E-state index contributed by atoms with van der Waals surface area (Å²) in [7, 11) is 0. The molecule has 6 heteroatoms. The van der Waals surface area contributed by atoms with E-state index >= 15 is 0 Å². The van der Waals surface area contributed by atoms with Gasteiger partial charge >= 0.3 is 17.9 Å². The van der Waals surface area contributed by atoms with Crippen LogP contribution in [0.4, 0.5) is 0 Å². The fraction of sp³-hybridized carbons (Fsp3) is 0.767. The highest BCUT2D eigenvalue weighted by Gasteiger charge is 2.19. The summed E-state index contributed by atoms with van der Waals surface area (Å²) in [5.74, 6) is -0.877. The number of rotatable bonds is 62. The van der Waals surface area contributed by atoms with E-state index in [0.29, 0.717) is 19.3 Å². The number of hydrogen-bond donors (Lipinski definition) is 0. The third-order valence-electron chi connectivity index (χ3n) is 14.9. The second-order valence-corrected chi connectivity index (χ2v) is 22.7. The summed E-state index contributed by atoms with van der Waals surface area (Å²) in [6.07, 6.45) is 88.8. The van der Waals surface area contributed by atoms with Crippen LogP contribution in [0, 0.1) is 0 Å². The van der Waals surface area contributed by atoms with Crippen LogP contribution >= 0.6 is 0 Å². The van der Waals surface area contributed by atoms with Gasteiger partial charge in [0.2, 0.25) is 0 Å². The molecule has 0 fully saturated rings. The van der Waals surface area contributed by atoms with Crippen molar-refractivity contribution in [2.45, 2.75) is 348 Å². The van der Waals surface area contributed by atoms with Gasteiger partial charge in [-0.2, -0.15) is 0 Å². The average Bonchev–Trinajstić information content (AvgIpc) is 3.45. The number of allylic oxidation sites excluding steroid dienone is 14. The Kier molecular flexibility index (Phi) is 64.2. The predicted octanol–water partition coefficient (Wildman–Crippen LogP) is 23.4. The van der Waals surface area contributed by atoms with Crippen LogP contribution in [0.3, 0.4) is 0 Å². The monoisotopic (exact) mass is 1100 g/mol. The number of esters is 3. The van der Waals surface area contributed by atoms with E-state index in [1.807, 2.05) is 0 Å². The predicted molar refractivity (Wildman–Crippen MR) is 344 cm³/mol. The number of carbonyl (C=O) groups excluding carboxylic acids is 3. The average molecular weight is 1100 g/mol. The molecule has 0 heterocycles. The maximum absolute atomic E-state index is 12.9. The lowest BCUT2D eigenvalue weighted by molar-refractivity contribution is -0.167. The molecule has 456 valence electrons. The molecule has 0 amide bonds. The normalized spacial score (nSPS) is 12.6. The van der Waals surface area contributed by atoms with Crippen LogP contribution in [0.1, 0.15) is 342 Å². The fourth-order valence-electron chi connectivity index (χ4n) is 9.80. The molecule has 6 nitrogen and oxygen atoms in total. The Morgan fingerprint density at radius 2 is 0.494 bits per heavy atom. The molecule has 0 saturated carbocycles. The van der Waals surface area contributed by atoms with E-state index in [4.69, 9.17) is 14.2 Å². The van der Waals surface area contributed by atoms with E-state index in [2.05, 4.69) is 106 Å². The number of carbonyl (C=O) groups is 3. The van der Waals surface area contributed by atoms with Crippen molar-refractivity contribution in [2.24, 2.45) is 0 Å². The van der Waals surface area contributed by atoms with Crippen LogP contribution in [0.15, 0.2) is 85.1 Å². The van der Waals surface area contributed by atoms with E-state index in [1.165, 1.54) is 193 Å². The van der Waals surface area contributed by atoms with E-state index in [-0.39, 0.29) is 31.1 Å². The topological polar surface area (TPSA) is 78.9 Å². The zero-order chi connectivity index (χ0) is 57.1. The molecule has 1 atom stereocenters. The van der Waals surface area contributed by atoms with Crippen LogP contribution in [0.5, 0.6) is 0 Å². The third-order valence-corrected chi connectivity index (χ3v) is 14.9. The van der Waals surface area contributed by atoms with E-state index in [0.717, 1.165) is 109 Å². The highest BCUT2D eigenvalue weighted by atomic mass is 16.6. The lowest BCUT2D eigenvalue weighted by Crippen LogP contribution is -2.30. The first-order valence-electron chi connectivity index (χ1n) is 34.1. The molecule has 0 N–H and O–H groups in total. The SMILES string of the molecule is CC/C=C\C/C=C\C/C=C\C/C=C\C/C=C\CCCCCCCCCCCCCC(=O)OCC(COC(=O)CCCCCCC/C=C\C/C=C\CCCCCC)OC(=O)CCCCCCCCCCCCCCCCCCCC. The minimum atomic E-state index is -0.783. The molecular weight excluding hydrogens is 973 g/mol. The Bertz CT molecular complexity index is 1500. The zero-order valence-corrected chi connectivity index (χ0v) is 52.4. The fourth-order valence-corrected chi connectivity index (χ4v) is 9.80. The van der Waals surface area contributed by atoms with Gasteiger partial charge in [-0.25, -0.2) is 0 Å². The Morgan fingerprint density at radius 1 is 0.266 bits per heavy atom. The van der Waals surface area contributed by atoms with E-state index in [1.54, 1.807) is 0 Å². The molecule has 0 bridgehead atoms. The lowest BCUT2D eigenvalue weighted by Gasteiger charge is -2.18. The maximum atomic E-state index is 12.9. The van der Waals surface area contributed by atoms with Crippen molar-refractivity contribution < 1.29 is 28.6 Å². The van der Waals surface area contributed by atoms with Gasteiger partial charge in [0.05, 0.1) is 0 Å². The van der Waals surface area contributed by atoms with Crippen molar-refractivity contribution in [3.63, 3.8) is 0 Å². The summed E-state index contributed by atoms with van der Waals surface area (Å²) in [5, 5.41) is 0. The van der Waals surface area contributed by atoms with Crippen molar-refractivity contribution in [3.05, 3.63) is 85.1 Å². The molecule has 0 radical (unpaired) electrons. The van der Waals surface area contributed by atoms with Crippen LogP contribution in [0.25, 0.3) is 0 Å². The summed E-state index contributed by atoms with van der Waals surface area (Å²) in [4.78, 5) is 38.4. The van der Waals surface area contributed by atoms with Crippen molar-refractivity contribution in [3.8, 4) is 0 Å². The Morgan fingerprint density at radius 3 is 0.785 bits per heavy atom. The lowest BCUT2D eigenvalue weighted by atomic mass is 10.0. The molecule has 0 aromatic carbocycles. The first kappa shape index (κ1) is 75.6. The number of hydrogen-bond acceptors (Lipinski definition) is 6. The van der Waals surface area contributed by atoms with Crippen LogP contribution in [-0.4, -0.2) is 37.2 Å². The van der Waals surface area contributed by atoms with Gasteiger partial charge < -0.3 is 14.2 Å². The summed E-state index contributed by atoms with van der Waals surface area (Å²) in [6, 6.07) is 0. The van der Waals surface area contributed by atoms with Crippen molar-refractivity contribution in [2.75, 3.05) is 13.2 Å². The smallest absolute Gasteiger partial charge is 0.306 e. The highest BCUT2D eigenvalue weighted by molar-refractivity contribution is 5.71. The maximum Gasteiger partial charge on any atom is 0.306 e.